The van der Waals surface area contributed by atoms with Crippen LogP contribution in [0.3, 0.4) is 0 Å². The summed E-state index contributed by atoms with van der Waals surface area (Å²) in [6.45, 7) is 9.38. The maximum Gasteiger partial charge on any atom is 0.175 e. The predicted octanol–water partition coefficient (Wildman–Crippen LogP) is 29.7. The first-order valence-corrected chi connectivity index (χ1v) is 45.3. The van der Waals surface area contributed by atoms with Gasteiger partial charge in [-0.1, -0.05) is 440 Å². The van der Waals surface area contributed by atoms with Gasteiger partial charge in [-0.15, -0.1) is 11.8 Å². The molecule has 1 aromatic heterocycles. The molecule has 8 heteroatoms. The highest BCUT2D eigenvalue weighted by Crippen LogP contribution is 2.62. The summed E-state index contributed by atoms with van der Waals surface area (Å²) in [6, 6.07) is 141. The van der Waals surface area contributed by atoms with Crippen LogP contribution in [0.2, 0.25) is 0 Å². The molecule has 2 aliphatic heterocycles. The van der Waals surface area contributed by atoms with Crippen LogP contribution in [0.5, 0.6) is 0 Å². The van der Waals surface area contributed by atoms with Crippen LogP contribution in [-0.4, -0.2) is 37.7 Å². The maximum absolute atomic E-state index is 10.5. The van der Waals surface area contributed by atoms with E-state index in [1.807, 2.05) is 109 Å². The van der Waals surface area contributed by atoms with Gasteiger partial charge in [-0.25, -0.2) is 15.0 Å². The third-order valence-electron chi connectivity index (χ3n) is 26.7. The molecule has 0 bridgehead atoms. The Kier molecular flexibility index (Phi) is 20.5. The standard InChI is InChI=1S/C53H34N4.C34H27NO.C34H27NS/c54-35-40-21-13-14-26-43(40)48-44(33-34-47-49(48)45-27-15-16-28-46(45)53(47,41-22-9-3-10-23-41)42-24-11-4-12-25-42)36-29-31-39(32-30-36)52-56-50(37-17-5-1-6-18-37)55-51(57-52)38-19-7-2-8-20-38;2*1-34(2)27-13-7-6-12-26(27)32-28(34)21-20-25(22-10-4-3-5-11-22)31(32)23-16-18-24(19-17-23)33-35-29-14-8-9-15-30(29)36-33/h1-34H;2*3-21,30,33H,1-2H3. The molecule has 3 heterocycles. The van der Waals surface area contributed by atoms with Crippen LogP contribution >= 0.6 is 11.8 Å². The number of nitriles is 1. The van der Waals surface area contributed by atoms with Crippen LogP contribution < -0.4 is 0 Å². The van der Waals surface area contributed by atoms with Gasteiger partial charge in [-0.05, 0) is 169 Å². The molecule has 7 nitrogen and oxygen atoms in total. The van der Waals surface area contributed by atoms with Gasteiger partial charge in [0.05, 0.1) is 33.7 Å². The Bertz CT molecular complexity index is 7120. The predicted molar refractivity (Wildman–Crippen MR) is 532 cm³/mol. The van der Waals surface area contributed by atoms with Crippen molar-refractivity contribution in [3.05, 3.63) is 498 Å². The number of hydrogen-bond acceptors (Lipinski definition) is 8. The molecule has 129 heavy (non-hydrogen) atoms. The molecule has 4 unspecified atom stereocenters. The molecular formula is C121H88N6OS. The smallest absolute Gasteiger partial charge is 0.175 e. The Labute approximate surface area is 758 Å². The molecule has 0 saturated carbocycles. The highest BCUT2D eigenvalue weighted by molar-refractivity contribution is 8.01. The first-order chi connectivity index (χ1) is 63.5. The minimum absolute atomic E-state index is 0.0241. The van der Waals surface area contributed by atoms with E-state index in [9.17, 15) is 5.26 Å². The zero-order chi connectivity index (χ0) is 86.7. The van der Waals surface area contributed by atoms with E-state index >= 15 is 0 Å². The van der Waals surface area contributed by atoms with Crippen LogP contribution in [-0.2, 0) is 21.0 Å². The Balaban J connectivity index is 0.000000119. The summed E-state index contributed by atoms with van der Waals surface area (Å²) in [7, 11) is 0. The molecule has 0 radical (unpaired) electrons. The molecule has 5 aliphatic carbocycles. The summed E-state index contributed by atoms with van der Waals surface area (Å²) in [5.74, 6) is 1.84. The van der Waals surface area contributed by atoms with Crippen LogP contribution in [0.4, 0.5) is 0 Å². The third kappa shape index (κ3) is 14.0. The molecular weight excluding hydrogens is 1590 g/mol. The number of allylic oxidation sites excluding steroid dienone is 5. The molecule has 17 aromatic rings. The van der Waals surface area contributed by atoms with E-state index in [4.69, 9.17) is 29.7 Å². The second-order valence-electron chi connectivity index (χ2n) is 34.8. The van der Waals surface area contributed by atoms with Crippen molar-refractivity contribution in [3.63, 3.8) is 0 Å². The van der Waals surface area contributed by atoms with E-state index in [0.717, 1.165) is 61.3 Å². The summed E-state index contributed by atoms with van der Waals surface area (Å²) in [4.78, 5) is 24.6. The number of fused-ring (bicyclic) bond motifs is 11. The molecule has 16 aromatic carbocycles. The van der Waals surface area contributed by atoms with E-state index in [1.54, 1.807) is 0 Å². The molecule has 7 aliphatic rings. The molecule has 0 amide bonds. The van der Waals surface area contributed by atoms with Crippen molar-refractivity contribution in [2.45, 2.75) is 66.9 Å². The highest BCUT2D eigenvalue weighted by Gasteiger charge is 2.48. The highest BCUT2D eigenvalue weighted by atomic mass is 32.2. The van der Waals surface area contributed by atoms with Gasteiger partial charge in [0.25, 0.3) is 0 Å². The number of benzene rings is 16. The summed E-state index contributed by atoms with van der Waals surface area (Å²) in [6.07, 6.45) is 16.4. The van der Waals surface area contributed by atoms with E-state index in [1.165, 1.54) is 123 Å². The lowest BCUT2D eigenvalue weighted by atomic mass is 9.67. The molecule has 0 N–H and O–H groups in total. The van der Waals surface area contributed by atoms with Crippen molar-refractivity contribution in [2.75, 3.05) is 0 Å². The average Bonchev–Trinajstić information content (AvgIpc) is 1.52. The molecule has 614 valence electrons. The second-order valence-corrected chi connectivity index (χ2v) is 36.0. The van der Waals surface area contributed by atoms with Gasteiger partial charge in [0.1, 0.15) is 11.5 Å². The molecule has 0 fully saturated rings. The van der Waals surface area contributed by atoms with Gasteiger partial charge in [-0.2, -0.15) is 5.26 Å². The van der Waals surface area contributed by atoms with Gasteiger partial charge in [0.2, 0.25) is 0 Å². The van der Waals surface area contributed by atoms with Gasteiger partial charge in [0.15, 0.2) is 23.7 Å². The zero-order valence-corrected chi connectivity index (χ0v) is 72.7. The van der Waals surface area contributed by atoms with Crippen molar-refractivity contribution < 1.29 is 4.74 Å². The van der Waals surface area contributed by atoms with Crippen molar-refractivity contribution in [2.24, 2.45) is 9.98 Å². The monoisotopic (exact) mass is 1670 g/mol. The number of hydrogen-bond donors (Lipinski definition) is 0. The Hall–Kier alpha value is -15.4. The fraction of sp³-hybridized carbons (Fsp3) is 0.0909. The summed E-state index contributed by atoms with van der Waals surface area (Å²) >= 11 is 1.92. The van der Waals surface area contributed by atoms with Crippen LogP contribution in [0.1, 0.15) is 100 Å². The van der Waals surface area contributed by atoms with Crippen LogP contribution in [0.25, 0.3) is 134 Å². The number of thioether (sulfide) groups is 1. The fourth-order valence-electron chi connectivity index (χ4n) is 20.5. The first kappa shape index (κ1) is 79.5. The van der Waals surface area contributed by atoms with Crippen molar-refractivity contribution in [1.29, 1.82) is 5.26 Å². The minimum atomic E-state index is -0.571. The Morgan fingerprint density at radius 2 is 0.659 bits per heavy atom. The van der Waals surface area contributed by atoms with Crippen molar-refractivity contribution in [1.82, 2.24) is 15.0 Å². The quantitative estimate of drug-likeness (QED) is 0.114. The fourth-order valence-corrected chi connectivity index (χ4v) is 21.8. The topological polar surface area (TPSA) is 96.4 Å². The lowest BCUT2D eigenvalue weighted by molar-refractivity contribution is 0.0734. The van der Waals surface area contributed by atoms with Crippen LogP contribution in [0, 0.1) is 11.3 Å². The van der Waals surface area contributed by atoms with Crippen molar-refractivity contribution in [3.8, 4) is 140 Å². The van der Waals surface area contributed by atoms with Gasteiger partial charge in [0, 0.05) is 38.6 Å². The lowest BCUT2D eigenvalue weighted by Gasteiger charge is -2.34. The van der Waals surface area contributed by atoms with Crippen LogP contribution in [0.15, 0.2) is 447 Å². The average molecular weight is 1670 g/mol. The molecule has 0 saturated heterocycles. The minimum Gasteiger partial charge on any atom is -0.339 e. The van der Waals surface area contributed by atoms with E-state index < -0.39 is 5.41 Å². The van der Waals surface area contributed by atoms with Gasteiger partial charge in [-0.3, -0.25) is 9.98 Å². The van der Waals surface area contributed by atoms with E-state index in [0.29, 0.717) is 28.3 Å². The summed E-state index contributed by atoms with van der Waals surface area (Å²) in [5.41, 5.74) is 39.5. The molecule has 24 rings (SSSR count). The Morgan fingerprint density at radius 1 is 0.287 bits per heavy atom. The van der Waals surface area contributed by atoms with Crippen molar-refractivity contribution >= 4 is 23.2 Å². The number of nitrogens with zero attached hydrogens (tertiary/aromatic N) is 6. The second kappa shape index (κ2) is 33.2. The molecule has 0 spiro atoms. The van der Waals surface area contributed by atoms with Gasteiger partial charge < -0.3 is 4.74 Å². The largest absolute Gasteiger partial charge is 0.339 e. The lowest BCUT2D eigenvalue weighted by Crippen LogP contribution is -2.28. The summed E-state index contributed by atoms with van der Waals surface area (Å²) in [5, 5.41) is 11.1. The summed E-state index contributed by atoms with van der Waals surface area (Å²) < 4.78 is 6.20. The third-order valence-corrected chi connectivity index (χ3v) is 28.1. The van der Waals surface area contributed by atoms with Gasteiger partial charge >= 0.3 is 0 Å². The Morgan fingerprint density at radius 3 is 1.15 bits per heavy atom. The normalized spacial score (nSPS) is 16.9. The molecule has 4 atom stereocenters. The number of aliphatic imine (C=N–C) groups is 2. The number of ether oxygens (including phenoxy) is 1. The van der Waals surface area contributed by atoms with E-state index in [-0.39, 0.29) is 28.5 Å². The first-order valence-electron chi connectivity index (χ1n) is 44.3. The maximum atomic E-state index is 10.5. The number of rotatable bonds is 13. The zero-order valence-electron chi connectivity index (χ0n) is 71.9. The SMILES string of the molecule is CC1(C)c2ccccc2-c2c1ccc(-c1ccccc1)c2-c1ccc(C2N=C3C=CC=CC3O2)cc1.CC1(C)c2ccccc2-c2c1ccc(-c1ccccc1)c2-c1ccc(C2N=C3C=CC=CC3S2)cc1.N#Cc1ccccc1-c1c(-c2ccc(-c3nc(-c4ccccc4)nc(-c4ccccc4)n3)cc2)ccc2c1-c1ccccc1C2(c1ccccc1)c1ccccc1. The van der Waals surface area contributed by atoms with E-state index in [2.05, 4.69) is 374 Å². The number of aromatic nitrogens is 3.